The van der Waals surface area contributed by atoms with Gasteiger partial charge in [0.15, 0.2) is 23.3 Å². The molecule has 0 spiro atoms. The van der Waals surface area contributed by atoms with Gasteiger partial charge >= 0.3 is 17.9 Å². The topological polar surface area (TPSA) is 272 Å². The molecule has 0 saturated carbocycles. The number of aliphatic carboxylic acids is 3. The normalized spacial score (nSPS) is 22.9. The minimum absolute atomic E-state index is 0.218. The number of aromatic nitrogens is 4. The van der Waals surface area contributed by atoms with E-state index in [1.54, 1.807) is 0 Å². The Balaban J connectivity index is 0.000000247. The van der Waals surface area contributed by atoms with Gasteiger partial charge in [-0.05, 0) is 0 Å². The van der Waals surface area contributed by atoms with Crippen molar-refractivity contribution in [1.82, 2.24) is 19.5 Å². The molecule has 0 aliphatic carbocycles. The van der Waals surface area contributed by atoms with Crippen LogP contribution in [0.25, 0.3) is 11.2 Å². The summed E-state index contributed by atoms with van der Waals surface area (Å²) < 4.78 is 6.85. The van der Waals surface area contributed by atoms with E-state index in [9.17, 15) is 24.6 Å². The largest absolute Gasteiger partial charge is 0.481 e. The molecule has 3 heterocycles. The first-order valence-corrected chi connectivity index (χ1v) is 8.86. The number of nitrogens with zero attached hydrogens (tertiary/aromatic N) is 4. The zero-order valence-electron chi connectivity index (χ0n) is 16.2. The van der Waals surface area contributed by atoms with Crippen LogP contribution in [-0.2, 0) is 19.1 Å². The van der Waals surface area contributed by atoms with Crippen molar-refractivity contribution in [2.24, 2.45) is 0 Å². The standard InChI is InChI=1S/C10H13N5O4.C6H8O7/c11-8-5-9(13-2-12-8)15(3-14-5)10-7(18)6(17)4(1-16)19-10;7-3(8)1-6(13,5(11)12)2-4(9)10/h2-4,6-7,10,16-18H,1H2,(H2,11,12,13);13H,1-2H2,(H,7,8)(H,9,10)(H,11,12)/t4-,6-,7-,10-;/m1./s1. The second-order valence-corrected chi connectivity index (χ2v) is 6.79. The van der Waals surface area contributed by atoms with Crippen molar-refractivity contribution in [3.05, 3.63) is 12.7 Å². The average molecular weight is 459 g/mol. The van der Waals surface area contributed by atoms with Gasteiger partial charge < -0.3 is 46.2 Å². The summed E-state index contributed by atoms with van der Waals surface area (Å²) in [5, 5.41) is 62.5. The van der Waals surface area contributed by atoms with Gasteiger partial charge in [-0.2, -0.15) is 0 Å². The maximum Gasteiger partial charge on any atom is 0.336 e. The Kier molecular flexibility index (Phi) is 7.60. The smallest absolute Gasteiger partial charge is 0.336 e. The molecular weight excluding hydrogens is 438 g/mol. The van der Waals surface area contributed by atoms with Gasteiger partial charge in [0.25, 0.3) is 0 Å². The highest BCUT2D eigenvalue weighted by atomic mass is 16.6. The van der Waals surface area contributed by atoms with Gasteiger partial charge in [0.05, 0.1) is 25.8 Å². The van der Waals surface area contributed by atoms with Crippen molar-refractivity contribution in [3.8, 4) is 0 Å². The Morgan fingerprint density at radius 2 is 1.66 bits per heavy atom. The van der Waals surface area contributed by atoms with Crippen molar-refractivity contribution >= 4 is 34.9 Å². The zero-order chi connectivity index (χ0) is 24.2. The van der Waals surface area contributed by atoms with Gasteiger partial charge in [0.1, 0.15) is 30.2 Å². The summed E-state index contributed by atoms with van der Waals surface area (Å²) in [5.41, 5.74) is 3.71. The molecule has 1 aliphatic heterocycles. The van der Waals surface area contributed by atoms with Crippen molar-refractivity contribution in [1.29, 1.82) is 0 Å². The van der Waals surface area contributed by atoms with Gasteiger partial charge in [0.2, 0.25) is 0 Å². The summed E-state index contributed by atoms with van der Waals surface area (Å²) in [6.45, 7) is -0.390. The van der Waals surface area contributed by atoms with Crippen LogP contribution in [0.5, 0.6) is 0 Å². The molecule has 4 atom stereocenters. The summed E-state index contributed by atoms with van der Waals surface area (Å²) in [6, 6.07) is 0. The SMILES string of the molecule is Nc1ncnc2c1ncn2[C@@H]1O[C@H](CO)[C@@H](O)[C@H]1O.O=C(O)CC(O)(CC(=O)O)C(=O)O. The average Bonchev–Trinajstić information content (AvgIpc) is 3.23. The van der Waals surface area contributed by atoms with Crippen LogP contribution in [0.4, 0.5) is 5.82 Å². The molecule has 1 fully saturated rings. The number of ether oxygens (including phenoxy) is 1. The summed E-state index contributed by atoms with van der Waals surface area (Å²) in [4.78, 5) is 42.4. The number of fused-ring (bicyclic) bond motifs is 1. The van der Waals surface area contributed by atoms with Gasteiger partial charge in [-0.25, -0.2) is 19.7 Å². The maximum absolute atomic E-state index is 10.3. The van der Waals surface area contributed by atoms with E-state index in [-0.39, 0.29) is 5.82 Å². The van der Waals surface area contributed by atoms with Crippen molar-refractivity contribution in [2.75, 3.05) is 12.3 Å². The van der Waals surface area contributed by atoms with Crippen LogP contribution in [-0.4, -0.2) is 104 Å². The predicted molar refractivity (Wildman–Crippen MR) is 99.8 cm³/mol. The predicted octanol–water partition coefficient (Wildman–Crippen LogP) is -3.23. The van der Waals surface area contributed by atoms with Crippen LogP contribution in [0.2, 0.25) is 0 Å². The van der Waals surface area contributed by atoms with Crippen molar-refractivity contribution in [3.63, 3.8) is 0 Å². The molecule has 0 amide bonds. The fourth-order valence-electron chi connectivity index (χ4n) is 2.88. The lowest BCUT2D eigenvalue weighted by Gasteiger charge is -2.18. The van der Waals surface area contributed by atoms with E-state index in [2.05, 4.69) is 15.0 Å². The van der Waals surface area contributed by atoms with E-state index in [0.717, 1.165) is 0 Å². The van der Waals surface area contributed by atoms with E-state index < -0.39 is 67.5 Å². The number of hydrogen-bond donors (Lipinski definition) is 8. The molecule has 176 valence electrons. The molecule has 0 unspecified atom stereocenters. The quantitative estimate of drug-likeness (QED) is 0.202. The Hall–Kier alpha value is -3.44. The summed E-state index contributed by atoms with van der Waals surface area (Å²) in [7, 11) is 0. The molecule has 0 radical (unpaired) electrons. The number of nitrogen functional groups attached to an aromatic ring is 1. The van der Waals surface area contributed by atoms with E-state index in [0.29, 0.717) is 11.2 Å². The minimum Gasteiger partial charge on any atom is -0.481 e. The molecule has 32 heavy (non-hydrogen) atoms. The molecule has 2 aromatic rings. The molecular formula is C16H21N5O11. The zero-order valence-corrected chi connectivity index (χ0v) is 16.2. The van der Waals surface area contributed by atoms with Gasteiger partial charge in [0, 0.05) is 0 Å². The van der Waals surface area contributed by atoms with Crippen LogP contribution in [0.3, 0.4) is 0 Å². The molecule has 1 saturated heterocycles. The molecule has 3 rings (SSSR count). The third-order valence-electron chi connectivity index (χ3n) is 4.46. The Bertz CT molecular complexity index is 980. The maximum atomic E-state index is 10.3. The van der Waals surface area contributed by atoms with Crippen LogP contribution in [0.15, 0.2) is 12.7 Å². The number of carboxylic acid groups (broad SMARTS) is 3. The second-order valence-electron chi connectivity index (χ2n) is 6.79. The Morgan fingerprint density at radius 1 is 1.06 bits per heavy atom. The minimum atomic E-state index is -2.74. The number of aliphatic hydroxyl groups excluding tert-OH is 3. The molecule has 0 aromatic carbocycles. The highest BCUT2D eigenvalue weighted by Gasteiger charge is 2.44. The lowest BCUT2D eigenvalue weighted by Crippen LogP contribution is -2.42. The molecule has 0 bridgehead atoms. The van der Waals surface area contributed by atoms with E-state index in [1.807, 2.05) is 0 Å². The number of aliphatic hydroxyl groups is 4. The first-order valence-electron chi connectivity index (χ1n) is 8.86. The van der Waals surface area contributed by atoms with Gasteiger partial charge in [-0.15, -0.1) is 0 Å². The number of rotatable bonds is 7. The third-order valence-corrected chi connectivity index (χ3v) is 4.46. The fraction of sp³-hybridized carbons (Fsp3) is 0.500. The number of nitrogens with two attached hydrogens (primary N) is 1. The number of carbonyl (C=O) groups is 3. The van der Waals surface area contributed by atoms with E-state index >= 15 is 0 Å². The molecule has 9 N–H and O–H groups in total. The van der Waals surface area contributed by atoms with E-state index in [1.165, 1.54) is 17.2 Å². The lowest BCUT2D eigenvalue weighted by molar-refractivity contribution is -0.170. The fourth-order valence-corrected chi connectivity index (χ4v) is 2.88. The highest BCUT2D eigenvalue weighted by molar-refractivity contribution is 5.88. The third kappa shape index (κ3) is 5.24. The van der Waals surface area contributed by atoms with Crippen molar-refractivity contribution in [2.45, 2.75) is 43.0 Å². The molecule has 2 aromatic heterocycles. The monoisotopic (exact) mass is 459 g/mol. The van der Waals surface area contributed by atoms with E-state index in [4.69, 9.17) is 36.0 Å². The molecule has 16 nitrogen and oxygen atoms in total. The Labute approximate surface area is 178 Å². The number of carboxylic acids is 3. The van der Waals surface area contributed by atoms with Crippen LogP contribution >= 0.6 is 0 Å². The van der Waals surface area contributed by atoms with Gasteiger partial charge in [-0.1, -0.05) is 0 Å². The first-order chi connectivity index (χ1) is 14.9. The molecule has 16 heteroatoms. The highest BCUT2D eigenvalue weighted by Crippen LogP contribution is 2.31. The number of anilines is 1. The first kappa shape index (κ1) is 24.8. The summed E-state index contributed by atoms with van der Waals surface area (Å²) >= 11 is 0. The Morgan fingerprint density at radius 3 is 2.12 bits per heavy atom. The second kappa shape index (κ2) is 9.79. The van der Waals surface area contributed by atoms with Gasteiger partial charge in [-0.3, -0.25) is 14.2 Å². The summed E-state index contributed by atoms with van der Waals surface area (Å²) in [6.07, 6.45) is -3.71. The van der Waals surface area contributed by atoms with Crippen LogP contribution in [0, 0.1) is 0 Å². The van der Waals surface area contributed by atoms with Crippen LogP contribution < -0.4 is 5.73 Å². The molecule has 1 aliphatic rings. The number of imidazole rings is 1. The number of hydrogen-bond acceptors (Lipinski definition) is 12. The van der Waals surface area contributed by atoms with Crippen molar-refractivity contribution < 1.29 is 54.9 Å². The summed E-state index contributed by atoms with van der Waals surface area (Å²) in [5.74, 6) is -4.80. The lowest BCUT2D eigenvalue weighted by atomic mass is 9.96. The van der Waals surface area contributed by atoms with Crippen LogP contribution in [0.1, 0.15) is 19.1 Å².